The predicted molar refractivity (Wildman–Crippen MR) is 138 cm³/mol. The molecule has 2 aliphatic rings. The first-order valence-corrected chi connectivity index (χ1v) is 13.3. The molecule has 1 fully saturated rings. The molecule has 174 valence electrons. The zero-order valence-corrected chi connectivity index (χ0v) is 21.6. The third-order valence-electron chi connectivity index (χ3n) is 5.53. The fourth-order valence-corrected chi connectivity index (χ4v) is 7.25. The number of thiazole rings is 2. The van der Waals surface area contributed by atoms with E-state index in [1.54, 1.807) is 9.47 Å². The van der Waals surface area contributed by atoms with E-state index in [2.05, 4.69) is 0 Å². The van der Waals surface area contributed by atoms with Gasteiger partial charge in [0, 0.05) is 32.4 Å². The maximum absolute atomic E-state index is 13.4. The Balaban J connectivity index is 1.74. The van der Waals surface area contributed by atoms with Crippen LogP contribution in [0.5, 0.6) is 0 Å². The largest absolute Gasteiger partial charge is 0.335 e. The molecule has 0 saturated carbocycles. The topological polar surface area (TPSA) is 74.7 Å². The van der Waals surface area contributed by atoms with Crippen molar-refractivity contribution in [1.29, 1.82) is 0 Å². The zero-order valence-electron chi connectivity index (χ0n) is 19.2. The molecule has 0 aromatic carbocycles. The molecule has 0 N–H and O–H groups in total. The molecule has 0 radical (unpaired) electrons. The molecule has 5 heterocycles. The SMILES string of the molecule is CCN1C(=O)C(=c2s/c(=c3\nc4c(s3)=CC=CN4C)c(=O)n2CC)SC1=Nc1cccc[n+]1C. The summed E-state index contributed by atoms with van der Waals surface area (Å²) in [5.74, 6) is 1.45. The van der Waals surface area contributed by atoms with Gasteiger partial charge in [-0.1, -0.05) is 6.07 Å². The van der Waals surface area contributed by atoms with Gasteiger partial charge in [0.25, 0.3) is 16.6 Å². The Morgan fingerprint density at radius 3 is 2.68 bits per heavy atom. The number of aryl methyl sites for hydroxylation is 1. The van der Waals surface area contributed by atoms with Gasteiger partial charge < -0.3 is 4.90 Å². The number of allylic oxidation sites excluding steroid dienone is 1. The fourth-order valence-electron chi connectivity index (χ4n) is 3.74. The Kier molecular flexibility index (Phi) is 6.00. The van der Waals surface area contributed by atoms with Crippen LogP contribution in [-0.4, -0.2) is 39.1 Å². The number of hydrogen-bond acceptors (Lipinski definition) is 8. The summed E-state index contributed by atoms with van der Waals surface area (Å²) in [6.45, 7) is 4.80. The highest BCUT2D eigenvalue weighted by Gasteiger charge is 2.38. The third-order valence-corrected chi connectivity index (χ3v) is 9.07. The van der Waals surface area contributed by atoms with Gasteiger partial charge in [-0.15, -0.1) is 22.7 Å². The van der Waals surface area contributed by atoms with Crippen LogP contribution in [0.4, 0.5) is 11.6 Å². The second-order valence-corrected chi connectivity index (χ2v) is 10.7. The van der Waals surface area contributed by atoms with E-state index in [-0.39, 0.29) is 11.5 Å². The number of aliphatic imine (C=N–C) groups is 1. The molecule has 5 rings (SSSR count). The van der Waals surface area contributed by atoms with Gasteiger partial charge in [-0.25, -0.2) is 9.55 Å². The van der Waals surface area contributed by atoms with Crippen LogP contribution in [0.25, 0.3) is 11.0 Å². The van der Waals surface area contributed by atoms with Gasteiger partial charge in [-0.2, -0.15) is 0 Å². The molecule has 3 aromatic rings. The van der Waals surface area contributed by atoms with Gasteiger partial charge in [-0.05, 0) is 48.8 Å². The van der Waals surface area contributed by atoms with Crippen LogP contribution in [0.1, 0.15) is 13.8 Å². The molecule has 0 atom stereocenters. The minimum atomic E-state index is -0.129. The molecular weight excluding hydrogens is 488 g/mol. The summed E-state index contributed by atoms with van der Waals surface area (Å²) < 4.78 is 6.48. The number of pyridine rings is 1. The minimum Gasteiger partial charge on any atom is -0.335 e. The molecule has 34 heavy (non-hydrogen) atoms. The lowest BCUT2D eigenvalue weighted by Crippen LogP contribution is -2.32. The van der Waals surface area contributed by atoms with E-state index in [1.807, 2.05) is 80.2 Å². The van der Waals surface area contributed by atoms with Crippen LogP contribution < -0.4 is 24.2 Å². The number of nitrogens with zero attached hydrogens (tertiary/aromatic N) is 6. The van der Waals surface area contributed by atoms with Crippen molar-refractivity contribution in [2.45, 2.75) is 20.4 Å². The number of carbonyl (C=O) groups is 1. The average Bonchev–Trinajstić information content (AvgIpc) is 3.49. The van der Waals surface area contributed by atoms with Crippen molar-refractivity contribution in [3.05, 3.63) is 65.4 Å². The van der Waals surface area contributed by atoms with Gasteiger partial charge in [-0.3, -0.25) is 19.1 Å². The average molecular weight is 512 g/mol. The van der Waals surface area contributed by atoms with Crippen molar-refractivity contribution in [1.82, 2.24) is 14.5 Å². The van der Waals surface area contributed by atoms with Crippen LogP contribution in [0, 0.1) is 9.20 Å². The van der Waals surface area contributed by atoms with Gasteiger partial charge in [0.05, 0.1) is 17.8 Å². The maximum atomic E-state index is 13.4. The Morgan fingerprint density at radius 1 is 1.15 bits per heavy atom. The summed E-state index contributed by atoms with van der Waals surface area (Å²) in [4.78, 5) is 40.4. The van der Waals surface area contributed by atoms with E-state index in [0.717, 1.165) is 16.2 Å². The number of rotatable bonds is 3. The molecule has 1 saturated heterocycles. The number of fused-ring (bicyclic) bond motifs is 1. The number of aromatic nitrogens is 3. The highest BCUT2D eigenvalue weighted by Crippen LogP contribution is 2.32. The highest BCUT2D eigenvalue weighted by atomic mass is 32.2. The summed E-state index contributed by atoms with van der Waals surface area (Å²) >= 11 is 4.15. The zero-order chi connectivity index (χ0) is 24.0. The van der Waals surface area contributed by atoms with Crippen molar-refractivity contribution in [2.75, 3.05) is 18.5 Å². The lowest BCUT2D eigenvalue weighted by molar-refractivity contribution is -0.658. The van der Waals surface area contributed by atoms with E-state index in [4.69, 9.17) is 9.98 Å². The molecule has 8 nitrogen and oxygen atoms in total. The van der Waals surface area contributed by atoms with Crippen molar-refractivity contribution >= 4 is 68.1 Å². The highest BCUT2D eigenvalue weighted by molar-refractivity contribution is 8.23. The summed E-state index contributed by atoms with van der Waals surface area (Å²) in [6.07, 6.45) is 7.82. The number of hydrogen-bond donors (Lipinski definition) is 0. The second-order valence-electron chi connectivity index (χ2n) is 7.66. The van der Waals surface area contributed by atoms with Crippen molar-refractivity contribution in [2.24, 2.45) is 12.0 Å². The Labute approximate surface area is 207 Å². The molecule has 3 aromatic heterocycles. The Morgan fingerprint density at radius 2 is 1.97 bits per heavy atom. The molecule has 0 aliphatic carbocycles. The summed E-state index contributed by atoms with van der Waals surface area (Å²) in [6, 6.07) is 5.75. The van der Waals surface area contributed by atoms with Gasteiger partial charge in [0.1, 0.15) is 18.8 Å². The van der Waals surface area contributed by atoms with E-state index in [0.29, 0.717) is 37.0 Å². The lowest BCUT2D eigenvalue weighted by atomic mass is 10.4. The smallest absolute Gasteiger partial charge is 0.326 e. The molecule has 0 spiro atoms. The van der Waals surface area contributed by atoms with Gasteiger partial charge in [0.2, 0.25) is 0 Å². The lowest BCUT2D eigenvalue weighted by Gasteiger charge is -2.11. The number of amidine groups is 1. The van der Waals surface area contributed by atoms with Crippen molar-refractivity contribution < 1.29 is 9.36 Å². The first-order chi connectivity index (χ1) is 16.4. The van der Waals surface area contributed by atoms with E-state index in [1.165, 1.54) is 34.4 Å². The standard InChI is InChI=1S/C23H23N6O2S3/c1-5-28-20(30)16(19-25-18-14(32-19)10-9-13-27(18)4)33-22(28)17-21(31)29(6-2)23(34-17)24-15-11-7-8-12-26(15)3/h7-13H,5-6H2,1-4H3/q+1/b19-16+,22-17?. The first kappa shape index (κ1) is 22.8. The predicted octanol–water partition coefficient (Wildman–Crippen LogP) is 1.63. The summed E-state index contributed by atoms with van der Waals surface area (Å²) in [5.41, 5.74) is -0.118. The van der Waals surface area contributed by atoms with Gasteiger partial charge in [0.15, 0.2) is 5.82 Å². The first-order valence-electron chi connectivity index (χ1n) is 10.8. The summed E-state index contributed by atoms with van der Waals surface area (Å²) in [7, 11) is 3.85. The molecule has 0 bridgehead atoms. The van der Waals surface area contributed by atoms with E-state index in [9.17, 15) is 9.59 Å². The fraction of sp³-hybridized carbons (Fsp3) is 0.261. The van der Waals surface area contributed by atoms with Crippen LogP contribution in [0.15, 0.2) is 46.5 Å². The molecule has 2 aliphatic heterocycles. The van der Waals surface area contributed by atoms with Crippen LogP contribution in [0.3, 0.4) is 0 Å². The van der Waals surface area contributed by atoms with Gasteiger partial charge >= 0.3 is 5.82 Å². The van der Waals surface area contributed by atoms with Crippen LogP contribution in [-0.2, 0) is 18.4 Å². The van der Waals surface area contributed by atoms with Crippen molar-refractivity contribution in [3.8, 4) is 0 Å². The van der Waals surface area contributed by atoms with Crippen LogP contribution in [0.2, 0.25) is 0 Å². The summed E-state index contributed by atoms with van der Waals surface area (Å²) in [5, 5.41) is 0.612. The molecular formula is C23H23N6O2S3+. The Bertz CT molecular complexity index is 1650. The Hall–Kier alpha value is -3.02. The quantitative estimate of drug-likeness (QED) is 0.500. The number of amides is 1. The molecule has 11 heteroatoms. The maximum Gasteiger partial charge on any atom is 0.326 e. The number of carbonyl (C=O) groups excluding carboxylic acids is 1. The number of anilines is 1. The molecule has 0 unspecified atom stereocenters. The van der Waals surface area contributed by atoms with E-state index < -0.39 is 0 Å². The minimum absolute atomic E-state index is 0.118. The second kappa shape index (κ2) is 8.97. The van der Waals surface area contributed by atoms with E-state index >= 15 is 0 Å². The molecule has 1 amide bonds. The van der Waals surface area contributed by atoms with Crippen molar-refractivity contribution in [3.63, 3.8) is 0 Å². The third kappa shape index (κ3) is 3.73. The number of thioether (sulfide) groups is 1. The van der Waals surface area contributed by atoms with Crippen LogP contribution >= 0.6 is 34.4 Å². The normalized spacial score (nSPS) is 19.2. The monoisotopic (exact) mass is 511 g/mol.